The summed E-state index contributed by atoms with van der Waals surface area (Å²) in [5.74, 6) is 1.80. The van der Waals surface area contributed by atoms with Gasteiger partial charge in [-0.25, -0.2) is 0 Å². The summed E-state index contributed by atoms with van der Waals surface area (Å²) < 4.78 is 0. The minimum absolute atomic E-state index is 0.309. The van der Waals surface area contributed by atoms with E-state index in [1.165, 1.54) is 36.8 Å². The van der Waals surface area contributed by atoms with Crippen molar-refractivity contribution in [3.63, 3.8) is 0 Å². The van der Waals surface area contributed by atoms with Crippen molar-refractivity contribution in [2.45, 2.75) is 31.1 Å². The molecule has 2 unspecified atom stereocenters. The van der Waals surface area contributed by atoms with E-state index in [0.717, 1.165) is 11.8 Å². The molecular formula is C19H16. The van der Waals surface area contributed by atoms with Gasteiger partial charge in [-0.1, -0.05) is 30.7 Å². The van der Waals surface area contributed by atoms with Crippen LogP contribution >= 0.6 is 0 Å². The molecule has 2 bridgehead atoms. The van der Waals surface area contributed by atoms with Crippen LogP contribution in [0.5, 0.6) is 0 Å². The van der Waals surface area contributed by atoms with Gasteiger partial charge in [-0.15, -0.1) is 0 Å². The van der Waals surface area contributed by atoms with Gasteiger partial charge in [0, 0.05) is 5.41 Å². The molecule has 2 atom stereocenters. The lowest BCUT2D eigenvalue weighted by Crippen LogP contribution is -2.31. The highest BCUT2D eigenvalue weighted by atomic mass is 14.6. The molecule has 92 valence electrons. The molecule has 5 rings (SSSR count). The summed E-state index contributed by atoms with van der Waals surface area (Å²) in [4.78, 5) is 0. The number of fused-ring (bicyclic) bond motifs is 8. The Hall–Kier alpha value is -1.56. The molecule has 2 saturated carbocycles. The van der Waals surface area contributed by atoms with Gasteiger partial charge in [0.05, 0.1) is 0 Å². The first-order valence-electron chi connectivity index (χ1n) is 7.41. The molecule has 0 nitrogen and oxygen atoms in total. The van der Waals surface area contributed by atoms with Gasteiger partial charge in [0.1, 0.15) is 0 Å². The molecule has 3 aliphatic carbocycles. The summed E-state index contributed by atoms with van der Waals surface area (Å²) in [6.07, 6.45) is 5.65. The van der Waals surface area contributed by atoms with Crippen LogP contribution in [0.3, 0.4) is 0 Å². The summed E-state index contributed by atoms with van der Waals surface area (Å²) in [7, 11) is 0. The standard InChI is InChI=1S/C19H16/c1-3-7-17-15(5-1)16-6-2-4-8-18(16)19(17)12-13-9-10-14(19)11-13/h1-2,5-8,13-14H,9-12H2. The van der Waals surface area contributed by atoms with Crippen molar-refractivity contribution in [1.82, 2.24) is 0 Å². The van der Waals surface area contributed by atoms with E-state index >= 15 is 0 Å². The summed E-state index contributed by atoms with van der Waals surface area (Å²) in [5, 5.41) is 0. The lowest BCUT2D eigenvalue weighted by Gasteiger charge is -2.36. The Morgan fingerprint density at radius 2 is 1.63 bits per heavy atom. The Balaban J connectivity index is 1.87. The zero-order valence-corrected chi connectivity index (χ0v) is 10.9. The monoisotopic (exact) mass is 244 g/mol. The Kier molecular flexibility index (Phi) is 1.78. The normalized spacial score (nSPS) is 28.6. The van der Waals surface area contributed by atoms with Crippen LogP contribution in [0, 0.1) is 24.0 Å². The molecule has 0 N–H and O–H groups in total. The zero-order valence-electron chi connectivity index (χ0n) is 10.9. The predicted octanol–water partition coefficient (Wildman–Crippen LogP) is 4.37. The van der Waals surface area contributed by atoms with E-state index in [9.17, 15) is 0 Å². The third-order valence-electron chi connectivity index (χ3n) is 5.83. The molecule has 0 heteroatoms. The fourth-order valence-electron chi connectivity index (χ4n) is 5.20. The molecule has 0 saturated heterocycles. The average molecular weight is 244 g/mol. The molecule has 19 heavy (non-hydrogen) atoms. The number of rotatable bonds is 0. The predicted molar refractivity (Wildman–Crippen MR) is 75.8 cm³/mol. The van der Waals surface area contributed by atoms with Crippen molar-refractivity contribution in [2.24, 2.45) is 11.8 Å². The van der Waals surface area contributed by atoms with Crippen LogP contribution in [0.4, 0.5) is 0 Å². The summed E-state index contributed by atoms with van der Waals surface area (Å²) in [5.41, 5.74) is 6.32. The second kappa shape index (κ2) is 3.30. The van der Waals surface area contributed by atoms with E-state index in [1.54, 1.807) is 11.1 Å². The first-order valence-corrected chi connectivity index (χ1v) is 7.41. The number of benzene rings is 2. The van der Waals surface area contributed by atoms with E-state index < -0.39 is 0 Å². The van der Waals surface area contributed by atoms with Crippen molar-refractivity contribution < 1.29 is 0 Å². The van der Waals surface area contributed by atoms with Crippen molar-refractivity contribution in [3.05, 3.63) is 59.7 Å². The van der Waals surface area contributed by atoms with Crippen LogP contribution in [0.15, 0.2) is 36.4 Å². The van der Waals surface area contributed by atoms with E-state index in [-0.39, 0.29) is 0 Å². The molecule has 3 aliphatic rings. The van der Waals surface area contributed by atoms with Crippen molar-refractivity contribution in [2.75, 3.05) is 0 Å². The molecule has 0 aliphatic heterocycles. The maximum Gasteiger partial charge on any atom is 0.0246 e. The Bertz CT molecular complexity index is 622. The highest BCUT2D eigenvalue weighted by Gasteiger charge is 2.56. The van der Waals surface area contributed by atoms with Gasteiger partial charge in [0.15, 0.2) is 0 Å². The zero-order chi connectivity index (χ0) is 12.4. The van der Waals surface area contributed by atoms with Crippen LogP contribution in [0.25, 0.3) is 11.1 Å². The quantitative estimate of drug-likeness (QED) is 0.645. The van der Waals surface area contributed by atoms with Crippen LogP contribution in [-0.4, -0.2) is 0 Å². The third-order valence-corrected chi connectivity index (χ3v) is 5.83. The highest BCUT2D eigenvalue weighted by molar-refractivity contribution is 5.81. The largest absolute Gasteiger partial charge is 0.0537 e. The molecule has 1 spiro atoms. The van der Waals surface area contributed by atoms with Crippen LogP contribution in [0.1, 0.15) is 36.8 Å². The van der Waals surface area contributed by atoms with Crippen LogP contribution in [0.2, 0.25) is 0 Å². The van der Waals surface area contributed by atoms with Crippen molar-refractivity contribution in [3.8, 4) is 11.1 Å². The van der Waals surface area contributed by atoms with E-state index in [1.807, 2.05) is 0 Å². The summed E-state index contributed by atoms with van der Waals surface area (Å²) in [6, 6.07) is 19.8. The van der Waals surface area contributed by atoms with Crippen LogP contribution in [-0.2, 0) is 5.41 Å². The van der Waals surface area contributed by atoms with E-state index in [0.29, 0.717) is 5.41 Å². The Labute approximate surface area is 114 Å². The van der Waals surface area contributed by atoms with Gasteiger partial charge in [0.2, 0.25) is 0 Å². The lowest BCUT2D eigenvalue weighted by molar-refractivity contribution is 0.327. The summed E-state index contributed by atoms with van der Waals surface area (Å²) >= 11 is 0. The highest BCUT2D eigenvalue weighted by Crippen LogP contribution is 2.65. The van der Waals surface area contributed by atoms with Crippen LogP contribution < -0.4 is 0 Å². The molecule has 0 heterocycles. The Morgan fingerprint density at radius 3 is 2.16 bits per heavy atom. The SMILES string of the molecule is [c]1ccc2c(c1)C1(CC3CCC1C3)c1c[c]ccc1-2. The molecule has 0 amide bonds. The van der Waals surface area contributed by atoms with E-state index in [2.05, 4.69) is 48.5 Å². The number of hydrogen-bond donors (Lipinski definition) is 0. The molecule has 2 fully saturated rings. The first kappa shape index (κ1) is 10.3. The van der Waals surface area contributed by atoms with Gasteiger partial charge in [0.25, 0.3) is 0 Å². The smallest absolute Gasteiger partial charge is 0.0246 e. The third kappa shape index (κ3) is 1.08. The van der Waals surface area contributed by atoms with Gasteiger partial charge in [-0.2, -0.15) is 0 Å². The molecular weight excluding hydrogens is 228 g/mol. The minimum atomic E-state index is 0.309. The van der Waals surface area contributed by atoms with E-state index in [4.69, 9.17) is 0 Å². The number of hydrogen-bond acceptors (Lipinski definition) is 0. The fraction of sp³-hybridized carbons (Fsp3) is 0.368. The molecule has 0 aromatic heterocycles. The van der Waals surface area contributed by atoms with Crippen molar-refractivity contribution in [1.29, 1.82) is 0 Å². The second-order valence-electron chi connectivity index (χ2n) is 6.49. The van der Waals surface area contributed by atoms with Gasteiger partial charge >= 0.3 is 0 Å². The topological polar surface area (TPSA) is 0 Å². The fourth-order valence-corrected chi connectivity index (χ4v) is 5.20. The molecule has 2 aromatic carbocycles. The first-order chi connectivity index (χ1) is 9.39. The molecule has 2 radical (unpaired) electrons. The van der Waals surface area contributed by atoms with Crippen molar-refractivity contribution >= 4 is 0 Å². The van der Waals surface area contributed by atoms with Gasteiger partial charge in [-0.05, 0) is 77.6 Å². The van der Waals surface area contributed by atoms with Gasteiger partial charge in [-0.3, -0.25) is 0 Å². The second-order valence-corrected chi connectivity index (χ2v) is 6.49. The lowest BCUT2D eigenvalue weighted by atomic mass is 9.67. The maximum absolute atomic E-state index is 3.33. The molecule has 2 aromatic rings. The van der Waals surface area contributed by atoms with Gasteiger partial charge < -0.3 is 0 Å². The summed E-state index contributed by atoms with van der Waals surface area (Å²) in [6.45, 7) is 0. The minimum Gasteiger partial charge on any atom is -0.0537 e. The maximum atomic E-state index is 3.33. The average Bonchev–Trinajstić information content (AvgIpc) is 3.14. The Morgan fingerprint density at radius 1 is 0.947 bits per heavy atom.